The van der Waals surface area contributed by atoms with Gasteiger partial charge in [-0.2, -0.15) is 0 Å². The van der Waals surface area contributed by atoms with Gasteiger partial charge in [0.25, 0.3) is 10.0 Å². The first-order valence-corrected chi connectivity index (χ1v) is 9.69. The van der Waals surface area contributed by atoms with E-state index in [0.29, 0.717) is 11.9 Å². The van der Waals surface area contributed by atoms with Gasteiger partial charge >= 0.3 is 0 Å². The van der Waals surface area contributed by atoms with Crippen molar-refractivity contribution in [2.24, 2.45) is 0 Å². The Morgan fingerprint density at radius 2 is 1.57 bits per heavy atom. The fraction of sp³-hybridized carbons (Fsp3) is 0.333. The van der Waals surface area contributed by atoms with E-state index in [4.69, 9.17) is 0 Å². The Morgan fingerprint density at radius 3 is 2.17 bits per heavy atom. The summed E-state index contributed by atoms with van der Waals surface area (Å²) >= 11 is 3.28. The lowest BCUT2D eigenvalue weighted by atomic mass is 10.2. The number of rotatable bonds is 5. The molecule has 122 valence electrons. The molecule has 2 N–H and O–H groups in total. The maximum atomic E-state index is 12.3. The molecule has 0 spiro atoms. The summed E-state index contributed by atoms with van der Waals surface area (Å²) in [5.41, 5.74) is 0. The van der Waals surface area contributed by atoms with Crippen molar-refractivity contribution in [3.05, 3.63) is 40.9 Å². The highest BCUT2D eigenvalue weighted by Gasteiger charge is 2.17. The van der Waals surface area contributed by atoms with Crippen LogP contribution in [0.4, 0.5) is 11.6 Å². The molecule has 1 aliphatic carbocycles. The van der Waals surface area contributed by atoms with Gasteiger partial charge in [-0.1, -0.05) is 28.8 Å². The SMILES string of the molecule is O=S(=O)(Nc1ccc(NC2CCCC2)nn1)c1ccc(Br)cc1. The first-order chi connectivity index (χ1) is 11.0. The van der Waals surface area contributed by atoms with Crippen molar-refractivity contribution in [2.45, 2.75) is 36.6 Å². The summed E-state index contributed by atoms with van der Waals surface area (Å²) in [7, 11) is -3.66. The average molecular weight is 397 g/mol. The fourth-order valence-corrected chi connectivity index (χ4v) is 3.81. The molecule has 0 radical (unpaired) electrons. The molecule has 0 amide bonds. The van der Waals surface area contributed by atoms with E-state index in [0.717, 1.165) is 17.3 Å². The molecule has 1 fully saturated rings. The fourth-order valence-electron chi connectivity index (χ4n) is 2.55. The van der Waals surface area contributed by atoms with Crippen LogP contribution in [0, 0.1) is 0 Å². The third-order valence-electron chi connectivity index (χ3n) is 3.73. The van der Waals surface area contributed by atoms with Crippen LogP contribution in [0.25, 0.3) is 0 Å². The molecule has 2 aromatic rings. The van der Waals surface area contributed by atoms with E-state index < -0.39 is 10.0 Å². The molecule has 0 aliphatic heterocycles. The zero-order valence-electron chi connectivity index (χ0n) is 12.4. The van der Waals surface area contributed by atoms with E-state index in [-0.39, 0.29) is 10.7 Å². The minimum Gasteiger partial charge on any atom is -0.366 e. The van der Waals surface area contributed by atoms with Crippen LogP contribution in [0.2, 0.25) is 0 Å². The van der Waals surface area contributed by atoms with Crippen molar-refractivity contribution in [2.75, 3.05) is 10.0 Å². The second-order valence-electron chi connectivity index (χ2n) is 5.49. The maximum absolute atomic E-state index is 12.3. The summed E-state index contributed by atoms with van der Waals surface area (Å²) in [5.74, 6) is 0.869. The van der Waals surface area contributed by atoms with Gasteiger partial charge in [0.1, 0.15) is 5.82 Å². The second kappa shape index (κ2) is 6.84. The molecular formula is C15H17BrN4O2S. The van der Waals surface area contributed by atoms with Crippen LogP contribution >= 0.6 is 15.9 Å². The summed E-state index contributed by atoms with van der Waals surface area (Å²) < 4.78 is 27.8. The van der Waals surface area contributed by atoms with Gasteiger partial charge in [0.15, 0.2) is 5.82 Å². The molecular weight excluding hydrogens is 380 g/mol. The molecule has 1 aliphatic rings. The van der Waals surface area contributed by atoms with Crippen LogP contribution < -0.4 is 10.0 Å². The summed E-state index contributed by atoms with van der Waals surface area (Å²) in [6.07, 6.45) is 4.74. The minimum atomic E-state index is -3.66. The summed E-state index contributed by atoms with van der Waals surface area (Å²) in [5, 5.41) is 11.3. The van der Waals surface area contributed by atoms with Gasteiger partial charge in [-0.15, -0.1) is 10.2 Å². The van der Waals surface area contributed by atoms with Crippen molar-refractivity contribution in [3.8, 4) is 0 Å². The molecule has 1 heterocycles. The number of aromatic nitrogens is 2. The molecule has 0 bridgehead atoms. The Labute approximate surface area is 143 Å². The van der Waals surface area contributed by atoms with E-state index in [1.54, 1.807) is 24.3 Å². The van der Waals surface area contributed by atoms with Crippen LogP contribution in [0.3, 0.4) is 0 Å². The highest BCUT2D eigenvalue weighted by molar-refractivity contribution is 9.10. The Kier molecular flexibility index (Phi) is 4.82. The van der Waals surface area contributed by atoms with Crippen molar-refractivity contribution in [1.82, 2.24) is 10.2 Å². The van der Waals surface area contributed by atoms with E-state index in [9.17, 15) is 8.42 Å². The third-order valence-corrected chi connectivity index (χ3v) is 5.63. The van der Waals surface area contributed by atoms with Gasteiger partial charge in [-0.3, -0.25) is 4.72 Å². The van der Waals surface area contributed by atoms with Crippen molar-refractivity contribution >= 4 is 37.6 Å². The number of nitrogens with one attached hydrogen (secondary N) is 2. The number of sulfonamides is 1. The van der Waals surface area contributed by atoms with Crippen molar-refractivity contribution < 1.29 is 8.42 Å². The predicted octanol–water partition coefficient (Wildman–Crippen LogP) is 3.39. The lowest BCUT2D eigenvalue weighted by molar-refractivity contribution is 0.601. The normalized spacial score (nSPS) is 15.5. The Morgan fingerprint density at radius 1 is 0.957 bits per heavy atom. The van der Waals surface area contributed by atoms with Crippen LogP contribution in [-0.2, 0) is 10.0 Å². The standard InChI is InChI=1S/C15H17BrN4O2S/c16-11-5-7-13(8-6-11)23(21,22)20-15-10-9-14(18-19-15)17-12-3-1-2-4-12/h5-10,12H,1-4H2,(H,17,18)(H,19,20). The molecule has 23 heavy (non-hydrogen) atoms. The quantitative estimate of drug-likeness (QED) is 0.808. The molecule has 3 rings (SSSR count). The molecule has 8 heteroatoms. The monoisotopic (exact) mass is 396 g/mol. The van der Waals surface area contributed by atoms with E-state index in [1.165, 1.54) is 25.0 Å². The largest absolute Gasteiger partial charge is 0.366 e. The van der Waals surface area contributed by atoms with Crippen LogP contribution in [0.5, 0.6) is 0 Å². The molecule has 1 saturated carbocycles. The first-order valence-electron chi connectivity index (χ1n) is 7.41. The van der Waals surface area contributed by atoms with Crippen LogP contribution in [-0.4, -0.2) is 24.7 Å². The Balaban J connectivity index is 1.68. The van der Waals surface area contributed by atoms with E-state index in [1.807, 2.05) is 0 Å². The smallest absolute Gasteiger partial charge is 0.263 e. The lowest BCUT2D eigenvalue weighted by Crippen LogP contribution is -2.17. The van der Waals surface area contributed by atoms with Crippen LogP contribution in [0.15, 0.2) is 45.8 Å². The number of anilines is 2. The number of benzene rings is 1. The highest BCUT2D eigenvalue weighted by atomic mass is 79.9. The number of halogens is 1. The molecule has 0 atom stereocenters. The van der Waals surface area contributed by atoms with Crippen LogP contribution in [0.1, 0.15) is 25.7 Å². The first kappa shape index (κ1) is 16.2. The van der Waals surface area contributed by atoms with E-state index >= 15 is 0 Å². The van der Waals surface area contributed by atoms with Gasteiger partial charge in [0.2, 0.25) is 0 Å². The number of nitrogens with zero attached hydrogens (tertiary/aromatic N) is 2. The molecule has 0 saturated heterocycles. The predicted molar refractivity (Wildman–Crippen MR) is 92.9 cm³/mol. The Bertz CT molecular complexity index is 757. The second-order valence-corrected chi connectivity index (χ2v) is 8.09. The Hall–Kier alpha value is -1.67. The number of hydrogen-bond donors (Lipinski definition) is 2. The van der Waals surface area contributed by atoms with Gasteiger partial charge in [0, 0.05) is 10.5 Å². The molecule has 1 aromatic heterocycles. The average Bonchev–Trinajstić information content (AvgIpc) is 3.02. The third kappa shape index (κ3) is 4.20. The van der Waals surface area contributed by atoms with Gasteiger partial charge in [0.05, 0.1) is 4.90 Å². The van der Waals surface area contributed by atoms with Crippen molar-refractivity contribution in [1.29, 1.82) is 0 Å². The summed E-state index contributed by atoms with van der Waals surface area (Å²) in [4.78, 5) is 0.177. The summed E-state index contributed by atoms with van der Waals surface area (Å²) in [6, 6.07) is 10.2. The highest BCUT2D eigenvalue weighted by Crippen LogP contribution is 2.22. The molecule has 1 aromatic carbocycles. The van der Waals surface area contributed by atoms with Gasteiger partial charge in [-0.05, 0) is 49.2 Å². The topological polar surface area (TPSA) is 84.0 Å². The lowest BCUT2D eigenvalue weighted by Gasteiger charge is -2.12. The minimum absolute atomic E-state index is 0.177. The zero-order valence-corrected chi connectivity index (χ0v) is 14.8. The number of hydrogen-bond acceptors (Lipinski definition) is 5. The van der Waals surface area contributed by atoms with E-state index in [2.05, 4.69) is 36.2 Å². The van der Waals surface area contributed by atoms with Crippen molar-refractivity contribution in [3.63, 3.8) is 0 Å². The van der Waals surface area contributed by atoms with Gasteiger partial charge in [-0.25, -0.2) is 8.42 Å². The summed E-state index contributed by atoms with van der Waals surface area (Å²) in [6.45, 7) is 0. The van der Waals surface area contributed by atoms with Gasteiger partial charge < -0.3 is 5.32 Å². The molecule has 0 unspecified atom stereocenters. The zero-order chi connectivity index (χ0) is 16.3. The molecule has 6 nitrogen and oxygen atoms in total. The maximum Gasteiger partial charge on any atom is 0.263 e.